The second-order valence-corrected chi connectivity index (χ2v) is 10.1. The third-order valence-electron chi connectivity index (χ3n) is 6.82. The number of hydrogen-bond donors (Lipinski definition) is 3. The molecule has 2 unspecified atom stereocenters. The van der Waals surface area contributed by atoms with Crippen molar-refractivity contribution in [3.05, 3.63) is 59.7 Å². The van der Waals surface area contributed by atoms with Crippen molar-refractivity contribution >= 4 is 18.0 Å². The van der Waals surface area contributed by atoms with Gasteiger partial charge >= 0.3 is 12.1 Å². The first-order valence-corrected chi connectivity index (χ1v) is 12.2. The van der Waals surface area contributed by atoms with Crippen molar-refractivity contribution < 1.29 is 24.2 Å². The Hall–Kier alpha value is -3.35. The Kier molecular flexibility index (Phi) is 8.20. The van der Waals surface area contributed by atoms with Gasteiger partial charge in [0.1, 0.15) is 12.6 Å². The molecule has 0 spiro atoms. The monoisotopic (exact) mass is 480 g/mol. The summed E-state index contributed by atoms with van der Waals surface area (Å²) in [6, 6.07) is 14.8. The van der Waals surface area contributed by atoms with Gasteiger partial charge in [-0.1, -0.05) is 75.7 Å². The number of rotatable bonds is 10. The third-order valence-corrected chi connectivity index (χ3v) is 6.82. The van der Waals surface area contributed by atoms with Crippen LogP contribution in [-0.2, 0) is 14.3 Å². The number of benzene rings is 2. The summed E-state index contributed by atoms with van der Waals surface area (Å²) in [5.41, 5.74) is 3.34. The summed E-state index contributed by atoms with van der Waals surface area (Å²) < 4.78 is 5.60. The highest BCUT2D eigenvalue weighted by Gasteiger charge is 2.40. The van der Waals surface area contributed by atoms with Crippen molar-refractivity contribution in [1.29, 1.82) is 0 Å². The molecule has 1 aliphatic carbocycles. The van der Waals surface area contributed by atoms with Crippen LogP contribution in [0.4, 0.5) is 4.79 Å². The molecule has 0 heterocycles. The SMILES string of the molecule is CCCC(NC(=O)OCC1c2ccccc2-c2ccccc21)C(=O)NC(C(C)C)C(C)(C)C(=O)O. The second-order valence-electron chi connectivity index (χ2n) is 10.1. The Balaban J connectivity index is 1.67. The van der Waals surface area contributed by atoms with Gasteiger partial charge in [0.25, 0.3) is 0 Å². The van der Waals surface area contributed by atoms with Crippen molar-refractivity contribution in [2.45, 2.75) is 65.5 Å². The number of hydrogen-bond acceptors (Lipinski definition) is 4. The molecular formula is C28H36N2O5. The van der Waals surface area contributed by atoms with Crippen LogP contribution in [0.1, 0.15) is 64.5 Å². The summed E-state index contributed by atoms with van der Waals surface area (Å²) in [7, 11) is 0. The Bertz CT molecular complexity index is 1030. The van der Waals surface area contributed by atoms with Gasteiger partial charge in [-0.05, 0) is 48.4 Å². The predicted octanol–water partition coefficient (Wildman–Crippen LogP) is 4.95. The Morgan fingerprint density at radius 2 is 1.51 bits per heavy atom. The van der Waals surface area contributed by atoms with Crippen molar-refractivity contribution in [3.8, 4) is 11.1 Å². The molecule has 3 N–H and O–H groups in total. The lowest BCUT2D eigenvalue weighted by Crippen LogP contribution is -2.56. The minimum atomic E-state index is -1.16. The molecule has 35 heavy (non-hydrogen) atoms. The summed E-state index contributed by atoms with van der Waals surface area (Å²) in [6.07, 6.45) is 0.407. The fourth-order valence-electron chi connectivity index (χ4n) is 4.91. The zero-order valence-corrected chi connectivity index (χ0v) is 21.1. The average molecular weight is 481 g/mol. The molecule has 2 atom stereocenters. The van der Waals surface area contributed by atoms with Crippen LogP contribution in [-0.4, -0.2) is 41.8 Å². The van der Waals surface area contributed by atoms with E-state index < -0.39 is 35.5 Å². The molecule has 7 nitrogen and oxygen atoms in total. The molecule has 2 aromatic rings. The van der Waals surface area contributed by atoms with Gasteiger partial charge in [0.2, 0.25) is 5.91 Å². The maximum atomic E-state index is 13.1. The van der Waals surface area contributed by atoms with E-state index in [-0.39, 0.29) is 18.4 Å². The normalized spacial score (nSPS) is 14.6. The summed E-state index contributed by atoms with van der Waals surface area (Å²) in [5.74, 6) is -1.59. The molecule has 0 bridgehead atoms. The number of aliphatic carboxylic acids is 1. The Morgan fingerprint density at radius 1 is 0.971 bits per heavy atom. The standard InChI is InChI=1S/C28H36N2O5/c1-6-11-23(25(31)30-24(17(2)3)28(4,5)26(32)33)29-27(34)35-16-22-20-14-9-7-12-18(20)19-13-8-10-15-21(19)22/h7-10,12-15,17,22-24H,6,11,16H2,1-5H3,(H,29,34)(H,30,31)(H,32,33). The van der Waals surface area contributed by atoms with Crippen LogP contribution in [0.15, 0.2) is 48.5 Å². The summed E-state index contributed by atoms with van der Waals surface area (Å²) in [5, 5.41) is 15.2. The predicted molar refractivity (Wildman–Crippen MR) is 135 cm³/mol. The van der Waals surface area contributed by atoms with E-state index in [1.807, 2.05) is 57.2 Å². The van der Waals surface area contributed by atoms with Gasteiger partial charge in [-0.3, -0.25) is 9.59 Å². The lowest BCUT2D eigenvalue weighted by atomic mass is 9.78. The first-order valence-electron chi connectivity index (χ1n) is 12.2. The van der Waals surface area contributed by atoms with E-state index in [2.05, 4.69) is 22.8 Å². The van der Waals surface area contributed by atoms with Gasteiger partial charge in [0.05, 0.1) is 5.41 Å². The molecule has 0 fully saturated rings. The molecule has 0 saturated heterocycles. The van der Waals surface area contributed by atoms with Crippen molar-refractivity contribution in [1.82, 2.24) is 10.6 Å². The van der Waals surface area contributed by atoms with Crippen molar-refractivity contribution in [3.63, 3.8) is 0 Å². The van der Waals surface area contributed by atoms with Crippen LogP contribution in [0.2, 0.25) is 0 Å². The highest BCUT2D eigenvalue weighted by molar-refractivity contribution is 5.87. The smallest absolute Gasteiger partial charge is 0.407 e. The molecule has 2 aromatic carbocycles. The molecule has 0 aromatic heterocycles. The van der Waals surface area contributed by atoms with Crippen LogP contribution in [0, 0.1) is 11.3 Å². The highest BCUT2D eigenvalue weighted by atomic mass is 16.5. The van der Waals surface area contributed by atoms with Gasteiger partial charge in [-0.2, -0.15) is 0 Å². The van der Waals surface area contributed by atoms with E-state index in [9.17, 15) is 19.5 Å². The van der Waals surface area contributed by atoms with E-state index >= 15 is 0 Å². The van der Waals surface area contributed by atoms with Gasteiger partial charge in [0.15, 0.2) is 0 Å². The van der Waals surface area contributed by atoms with E-state index in [0.717, 1.165) is 22.3 Å². The second kappa shape index (κ2) is 10.9. The third kappa shape index (κ3) is 5.66. The summed E-state index contributed by atoms with van der Waals surface area (Å²) in [6.45, 7) is 8.98. The summed E-state index contributed by atoms with van der Waals surface area (Å²) >= 11 is 0. The average Bonchev–Trinajstić information content (AvgIpc) is 3.14. The lowest BCUT2D eigenvalue weighted by molar-refractivity contribution is -0.150. The molecule has 1 aliphatic rings. The Labute approximate surface area is 207 Å². The first-order chi connectivity index (χ1) is 16.6. The minimum absolute atomic E-state index is 0.0757. The van der Waals surface area contributed by atoms with Gasteiger partial charge in [-0.25, -0.2) is 4.79 Å². The number of carboxylic acids is 1. The van der Waals surface area contributed by atoms with Crippen LogP contribution in [0.3, 0.4) is 0 Å². The molecule has 7 heteroatoms. The zero-order valence-electron chi connectivity index (χ0n) is 21.1. The fraction of sp³-hybridized carbons (Fsp3) is 0.464. The van der Waals surface area contributed by atoms with E-state index in [1.54, 1.807) is 13.8 Å². The van der Waals surface area contributed by atoms with Crippen LogP contribution >= 0.6 is 0 Å². The van der Waals surface area contributed by atoms with E-state index in [0.29, 0.717) is 12.8 Å². The molecule has 0 saturated carbocycles. The number of alkyl carbamates (subject to hydrolysis) is 1. The minimum Gasteiger partial charge on any atom is -0.481 e. The molecule has 3 rings (SSSR count). The highest BCUT2D eigenvalue weighted by Crippen LogP contribution is 2.44. The van der Waals surface area contributed by atoms with E-state index in [1.165, 1.54) is 0 Å². The number of carboxylic acid groups (broad SMARTS) is 1. The fourth-order valence-corrected chi connectivity index (χ4v) is 4.91. The lowest BCUT2D eigenvalue weighted by Gasteiger charge is -2.35. The molecular weight excluding hydrogens is 444 g/mol. The number of ether oxygens (including phenoxy) is 1. The Morgan fingerprint density at radius 3 is 2.00 bits per heavy atom. The van der Waals surface area contributed by atoms with E-state index in [4.69, 9.17) is 4.74 Å². The number of amides is 2. The first kappa shape index (κ1) is 26.3. The van der Waals surface area contributed by atoms with Gasteiger partial charge in [0, 0.05) is 12.0 Å². The van der Waals surface area contributed by atoms with Crippen LogP contribution < -0.4 is 10.6 Å². The maximum Gasteiger partial charge on any atom is 0.407 e. The topological polar surface area (TPSA) is 105 Å². The molecule has 0 radical (unpaired) electrons. The van der Waals surface area contributed by atoms with Crippen molar-refractivity contribution in [2.75, 3.05) is 6.61 Å². The number of carbonyl (C=O) groups is 3. The van der Waals surface area contributed by atoms with Gasteiger partial charge in [-0.15, -0.1) is 0 Å². The van der Waals surface area contributed by atoms with Crippen LogP contribution in [0.5, 0.6) is 0 Å². The molecule has 188 valence electrons. The molecule has 0 aliphatic heterocycles. The number of carbonyl (C=O) groups excluding carboxylic acids is 2. The summed E-state index contributed by atoms with van der Waals surface area (Å²) in [4.78, 5) is 37.6. The quantitative estimate of drug-likeness (QED) is 0.447. The maximum absolute atomic E-state index is 13.1. The number of fused-ring (bicyclic) bond motifs is 3. The molecule has 2 amide bonds. The number of nitrogens with one attached hydrogen (secondary N) is 2. The largest absolute Gasteiger partial charge is 0.481 e. The van der Waals surface area contributed by atoms with Crippen molar-refractivity contribution in [2.24, 2.45) is 11.3 Å². The zero-order chi connectivity index (χ0) is 25.8. The van der Waals surface area contributed by atoms with Crippen LogP contribution in [0.25, 0.3) is 11.1 Å². The van der Waals surface area contributed by atoms with Gasteiger partial charge < -0.3 is 20.5 Å².